The SMILES string of the molecule is O=C(NCCC1CCCCN1S(=O)(=O)c1ccccc1)C(=O)NCc1ccccc1Cl. The highest BCUT2D eigenvalue weighted by Gasteiger charge is 2.33. The molecule has 1 fully saturated rings. The molecule has 7 nitrogen and oxygen atoms in total. The van der Waals surface area contributed by atoms with Gasteiger partial charge >= 0.3 is 11.8 Å². The van der Waals surface area contributed by atoms with Gasteiger partial charge in [0, 0.05) is 30.7 Å². The van der Waals surface area contributed by atoms with Crippen molar-refractivity contribution in [1.82, 2.24) is 14.9 Å². The largest absolute Gasteiger partial charge is 0.348 e. The fourth-order valence-electron chi connectivity index (χ4n) is 3.64. The highest BCUT2D eigenvalue weighted by Crippen LogP contribution is 2.26. The van der Waals surface area contributed by atoms with E-state index in [2.05, 4.69) is 10.6 Å². The highest BCUT2D eigenvalue weighted by molar-refractivity contribution is 7.89. The maximum absolute atomic E-state index is 13.0. The van der Waals surface area contributed by atoms with Crippen LogP contribution in [0.1, 0.15) is 31.2 Å². The molecule has 3 rings (SSSR count). The first-order chi connectivity index (χ1) is 14.9. The molecule has 2 aromatic carbocycles. The van der Waals surface area contributed by atoms with Crippen LogP contribution in [-0.2, 0) is 26.2 Å². The molecule has 166 valence electrons. The quantitative estimate of drug-likeness (QED) is 0.617. The maximum Gasteiger partial charge on any atom is 0.309 e. The van der Waals surface area contributed by atoms with Gasteiger partial charge in [0.2, 0.25) is 10.0 Å². The Balaban J connectivity index is 1.51. The van der Waals surface area contributed by atoms with Gasteiger partial charge in [-0.05, 0) is 43.0 Å². The number of benzene rings is 2. The molecule has 31 heavy (non-hydrogen) atoms. The molecule has 0 spiro atoms. The third-order valence-electron chi connectivity index (χ3n) is 5.29. The Kier molecular flexibility index (Phi) is 8.06. The minimum Gasteiger partial charge on any atom is -0.348 e. The number of sulfonamides is 1. The van der Waals surface area contributed by atoms with Gasteiger partial charge in [-0.2, -0.15) is 4.31 Å². The van der Waals surface area contributed by atoms with E-state index in [0.29, 0.717) is 23.6 Å². The molecular weight excluding hydrogens is 438 g/mol. The molecule has 0 radical (unpaired) electrons. The van der Waals surface area contributed by atoms with Gasteiger partial charge in [-0.3, -0.25) is 9.59 Å². The molecule has 0 saturated carbocycles. The molecule has 1 heterocycles. The molecule has 0 aromatic heterocycles. The average molecular weight is 464 g/mol. The van der Waals surface area contributed by atoms with Crippen LogP contribution in [0.3, 0.4) is 0 Å². The lowest BCUT2D eigenvalue weighted by Gasteiger charge is -2.34. The zero-order valence-corrected chi connectivity index (χ0v) is 18.7. The monoisotopic (exact) mass is 463 g/mol. The summed E-state index contributed by atoms with van der Waals surface area (Å²) in [5, 5.41) is 5.64. The van der Waals surface area contributed by atoms with E-state index in [4.69, 9.17) is 11.6 Å². The molecule has 0 bridgehead atoms. The number of amides is 2. The number of carbonyl (C=O) groups excluding carboxylic acids is 2. The number of nitrogens with zero attached hydrogens (tertiary/aromatic N) is 1. The highest BCUT2D eigenvalue weighted by atomic mass is 35.5. The van der Waals surface area contributed by atoms with Gasteiger partial charge < -0.3 is 10.6 Å². The molecule has 0 aliphatic carbocycles. The van der Waals surface area contributed by atoms with Gasteiger partial charge in [-0.1, -0.05) is 54.4 Å². The first kappa shape index (κ1) is 23.2. The van der Waals surface area contributed by atoms with Crippen LogP contribution in [0.15, 0.2) is 59.5 Å². The van der Waals surface area contributed by atoms with Crippen LogP contribution in [0.2, 0.25) is 5.02 Å². The summed E-state index contributed by atoms with van der Waals surface area (Å²) in [6.07, 6.45) is 2.90. The Morgan fingerprint density at radius 1 is 0.968 bits per heavy atom. The third kappa shape index (κ3) is 6.06. The predicted octanol–water partition coefficient (Wildman–Crippen LogP) is 2.71. The van der Waals surface area contributed by atoms with Gasteiger partial charge in [-0.15, -0.1) is 0 Å². The van der Waals surface area contributed by atoms with Crippen molar-refractivity contribution in [3.63, 3.8) is 0 Å². The third-order valence-corrected chi connectivity index (χ3v) is 7.62. The van der Waals surface area contributed by atoms with Crippen LogP contribution in [0.4, 0.5) is 0 Å². The Hall–Kier alpha value is -2.42. The normalized spacial score (nSPS) is 17.1. The summed E-state index contributed by atoms with van der Waals surface area (Å²) in [7, 11) is -3.59. The van der Waals surface area contributed by atoms with Gasteiger partial charge in [0.05, 0.1) is 4.90 Å². The van der Waals surface area contributed by atoms with E-state index in [1.54, 1.807) is 54.6 Å². The number of piperidine rings is 1. The summed E-state index contributed by atoms with van der Waals surface area (Å²) in [4.78, 5) is 24.4. The van der Waals surface area contributed by atoms with E-state index in [-0.39, 0.29) is 24.0 Å². The van der Waals surface area contributed by atoms with Crippen LogP contribution >= 0.6 is 11.6 Å². The standard InChI is InChI=1S/C22H26ClN3O4S/c23-20-12-5-4-8-17(20)16-25-22(28)21(27)24-14-13-18-9-6-7-15-26(18)31(29,30)19-10-2-1-3-11-19/h1-5,8,10-12,18H,6-7,9,13-16H2,(H,24,27)(H,25,28). The van der Waals surface area contributed by atoms with Crippen molar-refractivity contribution in [3.8, 4) is 0 Å². The zero-order valence-electron chi connectivity index (χ0n) is 17.1. The molecule has 1 unspecified atom stereocenters. The van der Waals surface area contributed by atoms with Crippen molar-refractivity contribution in [1.29, 1.82) is 0 Å². The molecule has 1 aliphatic heterocycles. The number of rotatable bonds is 7. The van der Waals surface area contributed by atoms with Crippen molar-refractivity contribution in [2.45, 2.75) is 43.2 Å². The van der Waals surface area contributed by atoms with E-state index in [9.17, 15) is 18.0 Å². The minimum absolute atomic E-state index is 0.150. The summed E-state index contributed by atoms with van der Waals surface area (Å²) in [5.41, 5.74) is 0.717. The second-order valence-corrected chi connectivity index (χ2v) is 9.69. The molecule has 2 aromatic rings. The summed E-state index contributed by atoms with van der Waals surface area (Å²) >= 11 is 6.05. The molecule has 2 N–H and O–H groups in total. The Labute approximate surface area is 187 Å². The van der Waals surface area contributed by atoms with Crippen LogP contribution in [0.25, 0.3) is 0 Å². The summed E-state index contributed by atoms with van der Waals surface area (Å²) in [5.74, 6) is -1.50. The lowest BCUT2D eigenvalue weighted by molar-refractivity contribution is -0.139. The van der Waals surface area contributed by atoms with Crippen LogP contribution < -0.4 is 10.6 Å². The summed E-state index contributed by atoms with van der Waals surface area (Å²) in [6, 6.07) is 15.2. The second kappa shape index (κ2) is 10.7. The van der Waals surface area contributed by atoms with E-state index in [1.807, 2.05) is 0 Å². The van der Waals surface area contributed by atoms with Gasteiger partial charge in [-0.25, -0.2) is 8.42 Å². The number of hydrogen-bond acceptors (Lipinski definition) is 4. The number of hydrogen-bond donors (Lipinski definition) is 2. The predicted molar refractivity (Wildman–Crippen MR) is 119 cm³/mol. The Bertz CT molecular complexity index is 1010. The fourth-order valence-corrected chi connectivity index (χ4v) is 5.58. The fraction of sp³-hybridized carbons (Fsp3) is 0.364. The number of halogens is 1. The van der Waals surface area contributed by atoms with Gasteiger partial charge in [0.15, 0.2) is 0 Å². The van der Waals surface area contributed by atoms with Crippen LogP contribution in [0, 0.1) is 0 Å². The van der Waals surface area contributed by atoms with Crippen molar-refractivity contribution >= 4 is 33.4 Å². The molecular formula is C22H26ClN3O4S. The van der Waals surface area contributed by atoms with Crippen molar-refractivity contribution in [2.75, 3.05) is 13.1 Å². The first-order valence-electron chi connectivity index (χ1n) is 10.3. The lowest BCUT2D eigenvalue weighted by Crippen LogP contribution is -2.46. The van der Waals surface area contributed by atoms with Gasteiger partial charge in [0.1, 0.15) is 0 Å². The van der Waals surface area contributed by atoms with Crippen LogP contribution in [-0.4, -0.2) is 43.7 Å². The van der Waals surface area contributed by atoms with E-state index in [1.165, 1.54) is 4.31 Å². The molecule has 9 heteroatoms. The van der Waals surface area contributed by atoms with Crippen molar-refractivity contribution in [2.24, 2.45) is 0 Å². The summed E-state index contributed by atoms with van der Waals surface area (Å²) < 4.78 is 27.6. The maximum atomic E-state index is 13.0. The van der Waals surface area contributed by atoms with Crippen molar-refractivity contribution in [3.05, 3.63) is 65.2 Å². The first-order valence-corrected chi connectivity index (χ1v) is 12.1. The molecule has 2 amide bonds. The Morgan fingerprint density at radius 2 is 1.65 bits per heavy atom. The molecule has 1 saturated heterocycles. The van der Waals surface area contributed by atoms with E-state index < -0.39 is 21.8 Å². The van der Waals surface area contributed by atoms with Crippen LogP contribution in [0.5, 0.6) is 0 Å². The molecule has 1 aliphatic rings. The van der Waals surface area contributed by atoms with E-state index in [0.717, 1.165) is 19.3 Å². The lowest BCUT2D eigenvalue weighted by atomic mass is 10.0. The number of nitrogens with one attached hydrogen (secondary N) is 2. The topological polar surface area (TPSA) is 95.6 Å². The zero-order chi connectivity index (χ0) is 22.3. The average Bonchev–Trinajstić information content (AvgIpc) is 2.79. The smallest absolute Gasteiger partial charge is 0.309 e. The van der Waals surface area contributed by atoms with Gasteiger partial charge in [0.25, 0.3) is 0 Å². The van der Waals surface area contributed by atoms with E-state index >= 15 is 0 Å². The number of carbonyl (C=O) groups is 2. The summed E-state index contributed by atoms with van der Waals surface area (Å²) in [6.45, 7) is 0.815. The minimum atomic E-state index is -3.59. The Morgan fingerprint density at radius 3 is 2.39 bits per heavy atom. The molecule has 1 atom stereocenters. The second-order valence-electron chi connectivity index (χ2n) is 7.40. The van der Waals surface area contributed by atoms with Crippen molar-refractivity contribution < 1.29 is 18.0 Å².